The van der Waals surface area contributed by atoms with Gasteiger partial charge < -0.3 is 24.8 Å². The molecule has 1 aromatic carbocycles. The molecule has 0 fully saturated rings. The number of carbonyl (C=O) groups is 2. The van der Waals surface area contributed by atoms with Crippen LogP contribution in [0.1, 0.15) is 43.1 Å². The Hall–Kier alpha value is -3.55. The number of pyridine rings is 1. The molecule has 164 valence electrons. The average molecular weight is 425 g/mol. The van der Waals surface area contributed by atoms with Crippen LogP contribution in [-0.4, -0.2) is 47.7 Å². The Balaban J connectivity index is 1.82. The van der Waals surface area contributed by atoms with Crippen molar-refractivity contribution in [2.45, 2.75) is 32.8 Å². The molecule has 0 saturated heterocycles. The smallest absolute Gasteiger partial charge is 0.410 e. The number of nitrogens with zero attached hydrogens (tertiary/aromatic N) is 2. The average Bonchev–Trinajstić information content (AvgIpc) is 2.73. The summed E-state index contributed by atoms with van der Waals surface area (Å²) in [5, 5.41) is 0. The summed E-state index contributed by atoms with van der Waals surface area (Å²) in [5.74, 6) is 0.673. The van der Waals surface area contributed by atoms with Crippen LogP contribution >= 0.6 is 0 Å². The molecule has 8 nitrogen and oxygen atoms in total. The molecule has 2 aromatic rings. The highest BCUT2D eigenvalue weighted by Gasteiger charge is 2.24. The molecule has 1 aromatic heterocycles. The second-order valence-corrected chi connectivity index (χ2v) is 8.13. The number of aromatic nitrogens is 1. The molecule has 0 spiro atoms. The predicted molar refractivity (Wildman–Crippen MR) is 117 cm³/mol. The zero-order chi connectivity index (χ0) is 22.6. The summed E-state index contributed by atoms with van der Waals surface area (Å²) in [6.45, 7) is 6.52. The molecule has 2 heterocycles. The minimum Gasteiger partial charge on any atom is -0.465 e. The topological polar surface area (TPSA) is 104 Å². The lowest BCUT2D eigenvalue weighted by atomic mass is 9.98. The van der Waals surface area contributed by atoms with Crippen LogP contribution in [0.4, 0.5) is 10.6 Å². The summed E-state index contributed by atoms with van der Waals surface area (Å²) in [4.78, 5) is 30.1. The second kappa shape index (κ2) is 9.07. The van der Waals surface area contributed by atoms with Gasteiger partial charge in [0.1, 0.15) is 28.5 Å². The largest absolute Gasteiger partial charge is 0.465 e. The standard InChI is InChI=1S/C23H27N3O5/c1-23(2,3)31-22(28)26-11-9-15(10-12-26)16-5-7-18(21(27)29-4)19(13-16)30-17-6-8-20(24)25-14-17/h5-9,13-14H,10-12H2,1-4H3,(H2,24,25). The predicted octanol–water partition coefficient (Wildman–Crippen LogP) is 4.27. The first-order valence-corrected chi connectivity index (χ1v) is 9.95. The van der Waals surface area contributed by atoms with E-state index in [1.807, 2.05) is 32.9 Å². The highest BCUT2D eigenvalue weighted by molar-refractivity contribution is 5.93. The number of esters is 1. The van der Waals surface area contributed by atoms with E-state index in [1.54, 1.807) is 29.2 Å². The Morgan fingerprint density at radius 1 is 1.16 bits per heavy atom. The molecule has 0 bridgehead atoms. The molecule has 2 N–H and O–H groups in total. The van der Waals surface area contributed by atoms with E-state index in [9.17, 15) is 9.59 Å². The van der Waals surface area contributed by atoms with Crippen LogP contribution in [0.5, 0.6) is 11.5 Å². The number of nitrogen functional groups attached to an aromatic ring is 1. The number of hydrogen-bond acceptors (Lipinski definition) is 7. The van der Waals surface area contributed by atoms with E-state index in [-0.39, 0.29) is 6.09 Å². The van der Waals surface area contributed by atoms with Crippen molar-refractivity contribution in [3.63, 3.8) is 0 Å². The Morgan fingerprint density at radius 2 is 1.94 bits per heavy atom. The van der Waals surface area contributed by atoms with Gasteiger partial charge in [-0.2, -0.15) is 0 Å². The van der Waals surface area contributed by atoms with Crippen molar-refractivity contribution in [2.75, 3.05) is 25.9 Å². The molecule has 0 saturated carbocycles. The fraction of sp³-hybridized carbons (Fsp3) is 0.348. The fourth-order valence-corrected chi connectivity index (χ4v) is 3.09. The van der Waals surface area contributed by atoms with Gasteiger partial charge in [0.15, 0.2) is 0 Å². The highest BCUT2D eigenvalue weighted by Crippen LogP contribution is 2.32. The van der Waals surface area contributed by atoms with Gasteiger partial charge in [0.25, 0.3) is 0 Å². The Bertz CT molecular complexity index is 993. The SMILES string of the molecule is COC(=O)c1ccc(C2=CCN(C(=O)OC(C)(C)C)CC2)cc1Oc1ccc(N)nc1. The van der Waals surface area contributed by atoms with E-state index in [1.165, 1.54) is 13.3 Å². The van der Waals surface area contributed by atoms with Crippen LogP contribution in [0.2, 0.25) is 0 Å². The zero-order valence-electron chi connectivity index (χ0n) is 18.2. The lowest BCUT2D eigenvalue weighted by molar-refractivity contribution is 0.0270. The summed E-state index contributed by atoms with van der Waals surface area (Å²) in [7, 11) is 1.32. The quantitative estimate of drug-likeness (QED) is 0.730. The minimum absolute atomic E-state index is 0.301. The van der Waals surface area contributed by atoms with Crippen molar-refractivity contribution >= 4 is 23.5 Å². The third-order valence-electron chi connectivity index (χ3n) is 4.61. The van der Waals surface area contributed by atoms with Crippen LogP contribution in [-0.2, 0) is 9.47 Å². The third-order valence-corrected chi connectivity index (χ3v) is 4.61. The maximum absolute atomic E-state index is 12.3. The fourth-order valence-electron chi connectivity index (χ4n) is 3.09. The molecule has 31 heavy (non-hydrogen) atoms. The van der Waals surface area contributed by atoms with Gasteiger partial charge in [-0.05, 0) is 62.6 Å². The third kappa shape index (κ3) is 5.75. The number of carbonyl (C=O) groups excluding carboxylic acids is 2. The summed E-state index contributed by atoms with van der Waals surface area (Å²) in [6, 6.07) is 8.59. The van der Waals surface area contributed by atoms with Crippen LogP contribution < -0.4 is 10.5 Å². The number of methoxy groups -OCH3 is 1. The molecule has 0 unspecified atom stereocenters. The number of anilines is 1. The van der Waals surface area contributed by atoms with E-state index in [0.717, 1.165) is 11.1 Å². The van der Waals surface area contributed by atoms with E-state index in [4.69, 9.17) is 19.9 Å². The van der Waals surface area contributed by atoms with Crippen LogP contribution in [0.3, 0.4) is 0 Å². The number of ether oxygens (including phenoxy) is 3. The van der Waals surface area contributed by atoms with Crippen LogP contribution in [0.25, 0.3) is 5.57 Å². The molecular weight excluding hydrogens is 398 g/mol. The monoisotopic (exact) mass is 425 g/mol. The zero-order valence-corrected chi connectivity index (χ0v) is 18.2. The first kappa shape index (κ1) is 22.1. The molecule has 0 radical (unpaired) electrons. The maximum Gasteiger partial charge on any atom is 0.410 e. The van der Waals surface area contributed by atoms with Gasteiger partial charge in [0, 0.05) is 13.1 Å². The molecule has 1 aliphatic heterocycles. The molecule has 1 aliphatic rings. The second-order valence-electron chi connectivity index (χ2n) is 8.13. The number of nitrogens with two attached hydrogens (primary N) is 1. The van der Waals surface area contributed by atoms with Gasteiger partial charge in [0.2, 0.25) is 0 Å². The lowest BCUT2D eigenvalue weighted by Gasteiger charge is -2.29. The van der Waals surface area contributed by atoms with Gasteiger partial charge in [-0.3, -0.25) is 0 Å². The molecule has 0 atom stereocenters. The van der Waals surface area contributed by atoms with Crippen molar-refractivity contribution in [3.05, 3.63) is 53.7 Å². The lowest BCUT2D eigenvalue weighted by Crippen LogP contribution is -2.39. The van der Waals surface area contributed by atoms with Crippen molar-refractivity contribution in [1.29, 1.82) is 0 Å². The van der Waals surface area contributed by atoms with Crippen molar-refractivity contribution < 1.29 is 23.8 Å². The normalized spacial score (nSPS) is 13.9. The maximum atomic E-state index is 12.3. The van der Waals surface area contributed by atoms with E-state index < -0.39 is 11.6 Å². The van der Waals surface area contributed by atoms with Crippen molar-refractivity contribution in [2.24, 2.45) is 0 Å². The van der Waals surface area contributed by atoms with Gasteiger partial charge in [-0.1, -0.05) is 12.1 Å². The highest BCUT2D eigenvalue weighted by atomic mass is 16.6. The van der Waals surface area contributed by atoms with E-state index >= 15 is 0 Å². The number of hydrogen-bond donors (Lipinski definition) is 1. The van der Waals surface area contributed by atoms with E-state index in [0.29, 0.717) is 42.4 Å². The van der Waals surface area contributed by atoms with E-state index in [2.05, 4.69) is 4.98 Å². The summed E-state index contributed by atoms with van der Waals surface area (Å²) < 4.78 is 16.2. The molecule has 8 heteroatoms. The minimum atomic E-state index is -0.534. The summed E-state index contributed by atoms with van der Waals surface area (Å²) >= 11 is 0. The molecular formula is C23H27N3O5. The number of amides is 1. The van der Waals surface area contributed by atoms with Gasteiger partial charge in [-0.15, -0.1) is 0 Å². The van der Waals surface area contributed by atoms with Crippen LogP contribution in [0.15, 0.2) is 42.6 Å². The van der Waals surface area contributed by atoms with Crippen molar-refractivity contribution in [3.8, 4) is 11.5 Å². The summed E-state index contributed by atoms with van der Waals surface area (Å²) in [6.07, 6.45) is 3.79. The molecule has 0 aliphatic carbocycles. The molecule has 1 amide bonds. The number of rotatable bonds is 4. The Morgan fingerprint density at radius 3 is 2.52 bits per heavy atom. The Labute approximate surface area is 181 Å². The van der Waals surface area contributed by atoms with Gasteiger partial charge in [0.05, 0.1) is 13.3 Å². The first-order valence-electron chi connectivity index (χ1n) is 9.95. The molecule has 3 rings (SSSR count). The first-order chi connectivity index (χ1) is 14.7. The number of benzene rings is 1. The van der Waals surface area contributed by atoms with Crippen LogP contribution in [0, 0.1) is 0 Å². The summed E-state index contributed by atoms with van der Waals surface area (Å²) in [5.41, 5.74) is 7.34. The van der Waals surface area contributed by atoms with Gasteiger partial charge in [-0.25, -0.2) is 14.6 Å². The van der Waals surface area contributed by atoms with Crippen molar-refractivity contribution in [1.82, 2.24) is 9.88 Å². The Kier molecular flexibility index (Phi) is 6.48. The van der Waals surface area contributed by atoms with Gasteiger partial charge >= 0.3 is 12.1 Å².